The van der Waals surface area contributed by atoms with E-state index in [9.17, 15) is 0 Å². The summed E-state index contributed by atoms with van der Waals surface area (Å²) in [7, 11) is 0. The van der Waals surface area contributed by atoms with Crippen molar-refractivity contribution >= 4 is 54.7 Å². The molecule has 1 heterocycles. The van der Waals surface area contributed by atoms with Gasteiger partial charge in [0.2, 0.25) is 0 Å². The molecule has 0 atom stereocenters. The van der Waals surface area contributed by atoms with Crippen LogP contribution in [-0.2, 0) is 0 Å². The number of thiophene rings is 1. The van der Waals surface area contributed by atoms with Crippen LogP contribution in [0, 0.1) is 6.92 Å². The van der Waals surface area contributed by atoms with Gasteiger partial charge in [-0.05, 0) is 52.2 Å². The maximum Gasteiger partial charge on any atom is 0.0688 e. The lowest BCUT2D eigenvalue weighted by molar-refractivity contribution is 1.44. The molecule has 0 aliphatic heterocycles. The van der Waals surface area contributed by atoms with Gasteiger partial charge in [0.25, 0.3) is 0 Å². The lowest BCUT2D eigenvalue weighted by atomic mass is 10.0. The van der Waals surface area contributed by atoms with Crippen molar-refractivity contribution < 1.29 is 0 Å². The predicted molar refractivity (Wildman–Crippen MR) is 112 cm³/mol. The zero-order valence-electron chi connectivity index (χ0n) is 13.8. The van der Waals surface area contributed by atoms with Gasteiger partial charge in [0.05, 0.1) is 4.21 Å². The second-order valence-electron chi connectivity index (χ2n) is 6.29. The summed E-state index contributed by atoms with van der Waals surface area (Å²) in [5.74, 6) is 0. The molecule has 0 spiro atoms. The van der Waals surface area contributed by atoms with Crippen LogP contribution in [0.3, 0.4) is 0 Å². The monoisotopic (exact) mass is 356 g/mol. The van der Waals surface area contributed by atoms with Crippen LogP contribution in [-0.4, -0.2) is 0 Å². The van der Waals surface area contributed by atoms with Gasteiger partial charge in [0.1, 0.15) is 0 Å². The molecule has 0 saturated heterocycles. The Kier molecular flexibility index (Phi) is 3.54. The first-order valence-electron chi connectivity index (χ1n) is 8.37. The standard InChI is InChI=1S/C23H16S2/c1-15-22-20-9-5-4-7-17(20)11-13-21(22)25-23(15)24-19-12-10-16-6-2-3-8-18(16)14-19/h2-14H,1H3. The minimum absolute atomic E-state index is 1.30. The lowest BCUT2D eigenvalue weighted by Crippen LogP contribution is -1.77. The Balaban J connectivity index is 1.64. The van der Waals surface area contributed by atoms with E-state index < -0.39 is 0 Å². The van der Waals surface area contributed by atoms with E-state index in [-0.39, 0.29) is 0 Å². The molecule has 0 nitrogen and oxygen atoms in total. The maximum absolute atomic E-state index is 2.29. The molecule has 0 bridgehead atoms. The summed E-state index contributed by atoms with van der Waals surface area (Å²) in [6.07, 6.45) is 0. The summed E-state index contributed by atoms with van der Waals surface area (Å²) in [6.45, 7) is 2.26. The van der Waals surface area contributed by atoms with Crippen molar-refractivity contribution in [3.63, 3.8) is 0 Å². The van der Waals surface area contributed by atoms with E-state index in [0.717, 1.165) is 0 Å². The normalized spacial score (nSPS) is 11.6. The largest absolute Gasteiger partial charge is 0.128 e. The molecule has 0 unspecified atom stereocenters. The Hall–Kier alpha value is -2.29. The minimum Gasteiger partial charge on any atom is -0.128 e. The molecule has 0 fully saturated rings. The van der Waals surface area contributed by atoms with E-state index in [4.69, 9.17) is 0 Å². The van der Waals surface area contributed by atoms with Gasteiger partial charge in [-0.2, -0.15) is 0 Å². The molecule has 5 rings (SSSR count). The first-order chi connectivity index (χ1) is 12.3. The number of hydrogen-bond acceptors (Lipinski definition) is 2. The Morgan fingerprint density at radius 2 is 1.44 bits per heavy atom. The summed E-state index contributed by atoms with van der Waals surface area (Å²) in [6, 6.07) is 28.5. The molecule has 5 aromatic rings. The highest BCUT2D eigenvalue weighted by Gasteiger charge is 2.12. The van der Waals surface area contributed by atoms with Crippen molar-refractivity contribution in [1.82, 2.24) is 0 Å². The van der Waals surface area contributed by atoms with E-state index in [1.807, 2.05) is 23.1 Å². The molecular weight excluding hydrogens is 340 g/mol. The van der Waals surface area contributed by atoms with Crippen LogP contribution in [0.4, 0.5) is 0 Å². The van der Waals surface area contributed by atoms with E-state index in [2.05, 4.69) is 85.8 Å². The Bertz CT molecular complexity index is 1230. The Labute approximate surface area is 155 Å². The molecule has 4 aromatic carbocycles. The van der Waals surface area contributed by atoms with Gasteiger partial charge in [-0.15, -0.1) is 11.3 Å². The molecule has 25 heavy (non-hydrogen) atoms. The predicted octanol–water partition coefficient (Wildman–Crippen LogP) is 7.67. The molecule has 0 N–H and O–H groups in total. The van der Waals surface area contributed by atoms with E-state index in [0.29, 0.717) is 0 Å². The molecule has 0 saturated carbocycles. The zero-order chi connectivity index (χ0) is 16.8. The van der Waals surface area contributed by atoms with E-state index in [1.54, 1.807) is 0 Å². The van der Waals surface area contributed by atoms with E-state index >= 15 is 0 Å². The van der Waals surface area contributed by atoms with Crippen LogP contribution in [0.2, 0.25) is 0 Å². The van der Waals surface area contributed by atoms with Crippen LogP contribution < -0.4 is 0 Å². The number of benzene rings is 4. The van der Waals surface area contributed by atoms with Gasteiger partial charge < -0.3 is 0 Å². The third kappa shape index (κ3) is 2.53. The maximum atomic E-state index is 2.29. The zero-order valence-corrected chi connectivity index (χ0v) is 15.5. The summed E-state index contributed by atoms with van der Waals surface area (Å²) in [5.41, 5.74) is 1.40. The fourth-order valence-electron chi connectivity index (χ4n) is 3.44. The van der Waals surface area contributed by atoms with Gasteiger partial charge in [-0.25, -0.2) is 0 Å². The highest BCUT2D eigenvalue weighted by molar-refractivity contribution is 8.01. The third-order valence-corrected chi connectivity index (χ3v) is 7.24. The highest BCUT2D eigenvalue weighted by atomic mass is 32.2. The molecule has 0 amide bonds. The molecule has 1 aromatic heterocycles. The first kappa shape index (κ1) is 15.0. The molecule has 0 aliphatic carbocycles. The molecular formula is C23H16S2. The highest BCUT2D eigenvalue weighted by Crippen LogP contribution is 2.43. The summed E-state index contributed by atoms with van der Waals surface area (Å²) in [4.78, 5) is 1.30. The van der Waals surface area contributed by atoms with Crippen molar-refractivity contribution in [1.29, 1.82) is 0 Å². The number of hydrogen-bond donors (Lipinski definition) is 0. The van der Waals surface area contributed by atoms with E-state index in [1.165, 1.54) is 46.3 Å². The molecule has 0 radical (unpaired) electrons. The fraction of sp³-hybridized carbons (Fsp3) is 0.0435. The SMILES string of the molecule is Cc1c(Sc2ccc3ccccc3c2)sc2ccc3ccccc3c12. The van der Waals surface area contributed by atoms with Gasteiger partial charge in [0.15, 0.2) is 0 Å². The molecule has 0 aliphatic rings. The number of aryl methyl sites for hydroxylation is 1. The minimum atomic E-state index is 1.30. The fourth-order valence-corrected chi connectivity index (χ4v) is 5.91. The summed E-state index contributed by atoms with van der Waals surface area (Å²) >= 11 is 3.78. The van der Waals surface area contributed by atoms with Crippen LogP contribution in [0.1, 0.15) is 5.56 Å². The first-order valence-corrected chi connectivity index (χ1v) is 10.0. The van der Waals surface area contributed by atoms with Crippen molar-refractivity contribution in [2.45, 2.75) is 16.0 Å². The van der Waals surface area contributed by atoms with Crippen LogP contribution >= 0.6 is 23.1 Å². The van der Waals surface area contributed by atoms with Crippen molar-refractivity contribution in [2.75, 3.05) is 0 Å². The van der Waals surface area contributed by atoms with Gasteiger partial charge in [0, 0.05) is 15.0 Å². The van der Waals surface area contributed by atoms with Crippen LogP contribution in [0.25, 0.3) is 31.6 Å². The van der Waals surface area contributed by atoms with Crippen molar-refractivity contribution in [3.8, 4) is 0 Å². The summed E-state index contributed by atoms with van der Waals surface area (Å²) < 4.78 is 2.76. The smallest absolute Gasteiger partial charge is 0.0688 e. The third-order valence-electron chi connectivity index (χ3n) is 4.71. The number of fused-ring (bicyclic) bond motifs is 4. The van der Waals surface area contributed by atoms with Crippen molar-refractivity contribution in [3.05, 3.63) is 84.4 Å². The molecule has 2 heteroatoms. The Morgan fingerprint density at radius 3 is 2.32 bits per heavy atom. The van der Waals surface area contributed by atoms with Gasteiger partial charge >= 0.3 is 0 Å². The average molecular weight is 357 g/mol. The second kappa shape index (κ2) is 5.91. The van der Waals surface area contributed by atoms with Crippen LogP contribution in [0.5, 0.6) is 0 Å². The van der Waals surface area contributed by atoms with Gasteiger partial charge in [-0.3, -0.25) is 0 Å². The van der Waals surface area contributed by atoms with Crippen molar-refractivity contribution in [2.24, 2.45) is 0 Å². The lowest BCUT2D eigenvalue weighted by Gasteiger charge is -2.04. The topological polar surface area (TPSA) is 0 Å². The second-order valence-corrected chi connectivity index (χ2v) is 8.68. The quantitative estimate of drug-likeness (QED) is 0.313. The average Bonchev–Trinajstić information content (AvgIpc) is 2.98. The number of rotatable bonds is 2. The Morgan fingerprint density at radius 1 is 0.720 bits per heavy atom. The summed E-state index contributed by atoms with van der Waals surface area (Å²) in [5, 5.41) is 6.69. The van der Waals surface area contributed by atoms with Gasteiger partial charge in [-0.1, -0.05) is 72.4 Å². The van der Waals surface area contributed by atoms with Crippen LogP contribution in [0.15, 0.2) is 88.0 Å². The molecule has 120 valence electrons.